The zero-order valence-electron chi connectivity index (χ0n) is 14.1. The van der Waals surface area contributed by atoms with Crippen molar-refractivity contribution in [1.29, 1.82) is 0 Å². The number of anilines is 1. The van der Waals surface area contributed by atoms with Gasteiger partial charge in [0.1, 0.15) is 44.2 Å². The lowest BCUT2D eigenvalue weighted by atomic mass is 10.1. The van der Waals surface area contributed by atoms with Crippen molar-refractivity contribution in [1.82, 2.24) is 0 Å². The first-order valence-corrected chi connectivity index (χ1v) is 8.96. The number of nitrogens with one attached hydrogen (secondary N) is 2. The number of pyridine rings is 1. The molecule has 128 valence electrons. The number of halogens is 1. The van der Waals surface area contributed by atoms with Crippen molar-refractivity contribution in [2.45, 2.75) is 6.54 Å². The molecule has 2 aromatic rings. The molecule has 0 radical (unpaired) electrons. The van der Waals surface area contributed by atoms with Crippen LogP contribution in [0.3, 0.4) is 0 Å². The van der Waals surface area contributed by atoms with Gasteiger partial charge in [0, 0.05) is 6.07 Å². The first-order chi connectivity index (χ1) is 11.7. The Morgan fingerprint density at radius 3 is 2.50 bits per heavy atom. The molecule has 0 saturated carbocycles. The fraction of sp³-hybridized carbons (Fsp3) is 0.389. The molecule has 1 aromatic heterocycles. The average molecular weight is 394 g/mol. The lowest BCUT2D eigenvalue weighted by Crippen LogP contribution is -3.13. The highest BCUT2D eigenvalue weighted by Gasteiger charge is 2.26. The normalized spacial score (nSPS) is 15.4. The van der Waals surface area contributed by atoms with Crippen molar-refractivity contribution in [3.63, 3.8) is 0 Å². The van der Waals surface area contributed by atoms with Crippen molar-refractivity contribution in [3.8, 4) is 11.5 Å². The number of rotatable bonds is 5. The molecule has 0 amide bonds. The number of piperazine rings is 1. The van der Waals surface area contributed by atoms with Crippen molar-refractivity contribution in [2.24, 2.45) is 0 Å². The lowest BCUT2D eigenvalue weighted by Gasteiger charge is -2.28. The molecule has 2 heterocycles. The van der Waals surface area contributed by atoms with E-state index in [0.717, 1.165) is 48.7 Å². The van der Waals surface area contributed by atoms with Gasteiger partial charge < -0.3 is 14.4 Å². The summed E-state index contributed by atoms with van der Waals surface area (Å²) in [5.74, 6) is 2.95. The number of nitrogens with zero attached hydrogens (tertiary/aromatic N) is 1. The van der Waals surface area contributed by atoms with E-state index in [1.54, 1.807) is 19.1 Å². The second kappa shape index (κ2) is 7.85. The van der Waals surface area contributed by atoms with Gasteiger partial charge in [-0.15, -0.1) is 0 Å². The molecule has 3 rings (SSSR count). The number of methoxy groups -OCH3 is 2. The average Bonchev–Trinajstić information content (AvgIpc) is 2.64. The van der Waals surface area contributed by atoms with Crippen LogP contribution in [0.1, 0.15) is 5.56 Å². The Kier molecular flexibility index (Phi) is 5.58. The van der Waals surface area contributed by atoms with Crippen LogP contribution in [0.5, 0.6) is 11.5 Å². The Morgan fingerprint density at radius 1 is 1.12 bits per heavy atom. The van der Waals surface area contributed by atoms with E-state index < -0.39 is 0 Å². The van der Waals surface area contributed by atoms with E-state index in [1.165, 1.54) is 11.4 Å². The first-order valence-electron chi connectivity index (χ1n) is 8.17. The number of H-pyrrole nitrogens is 1. The third-order valence-electron chi connectivity index (χ3n) is 4.50. The third-order valence-corrected chi connectivity index (χ3v) is 5.12. The van der Waals surface area contributed by atoms with Crippen LogP contribution in [-0.4, -0.2) is 40.4 Å². The van der Waals surface area contributed by atoms with E-state index in [9.17, 15) is 0 Å². The molecule has 0 spiro atoms. The predicted molar refractivity (Wildman–Crippen MR) is 96.9 cm³/mol. The summed E-state index contributed by atoms with van der Waals surface area (Å²) in [5.41, 5.74) is 1.19. The van der Waals surface area contributed by atoms with E-state index in [4.69, 9.17) is 9.47 Å². The molecular weight excluding hydrogens is 370 g/mol. The molecule has 1 aromatic carbocycles. The second-order valence-electron chi connectivity index (χ2n) is 5.96. The summed E-state index contributed by atoms with van der Waals surface area (Å²) in [4.78, 5) is 7.28. The highest BCUT2D eigenvalue weighted by Crippen LogP contribution is 2.32. The van der Waals surface area contributed by atoms with Crippen molar-refractivity contribution < 1.29 is 19.4 Å². The van der Waals surface area contributed by atoms with Crippen LogP contribution in [0.4, 0.5) is 5.82 Å². The molecule has 6 heteroatoms. The van der Waals surface area contributed by atoms with Gasteiger partial charge in [-0.1, -0.05) is 6.07 Å². The van der Waals surface area contributed by atoms with E-state index in [-0.39, 0.29) is 0 Å². The summed E-state index contributed by atoms with van der Waals surface area (Å²) in [6.07, 6.45) is 1.98. The van der Waals surface area contributed by atoms with Gasteiger partial charge in [0.25, 0.3) is 5.82 Å². The van der Waals surface area contributed by atoms with Crippen LogP contribution < -0.4 is 24.3 Å². The van der Waals surface area contributed by atoms with Gasteiger partial charge in [0.15, 0.2) is 0 Å². The predicted octanol–water partition coefficient (Wildman–Crippen LogP) is 1.19. The Labute approximate surface area is 151 Å². The molecule has 0 unspecified atom stereocenters. The molecular formula is C18H24BrN3O2+2. The first kappa shape index (κ1) is 17.0. The smallest absolute Gasteiger partial charge is 0.274 e. The molecule has 0 atom stereocenters. The van der Waals surface area contributed by atoms with Gasteiger partial charge in [-0.2, -0.15) is 0 Å². The number of aromatic nitrogens is 1. The van der Waals surface area contributed by atoms with Gasteiger partial charge in [0.05, 0.1) is 30.5 Å². The Hall–Kier alpha value is -1.79. The van der Waals surface area contributed by atoms with Crippen LogP contribution >= 0.6 is 15.9 Å². The van der Waals surface area contributed by atoms with E-state index in [2.05, 4.69) is 44.0 Å². The number of benzene rings is 1. The van der Waals surface area contributed by atoms with Gasteiger partial charge in [0.2, 0.25) is 0 Å². The zero-order valence-corrected chi connectivity index (χ0v) is 15.7. The second-order valence-corrected chi connectivity index (χ2v) is 6.81. The lowest BCUT2D eigenvalue weighted by molar-refractivity contribution is -0.914. The van der Waals surface area contributed by atoms with Crippen LogP contribution in [0, 0.1) is 0 Å². The van der Waals surface area contributed by atoms with Crippen LogP contribution in [0.15, 0.2) is 41.0 Å². The summed E-state index contributed by atoms with van der Waals surface area (Å²) >= 11 is 3.52. The molecule has 5 nitrogen and oxygen atoms in total. The molecule has 2 N–H and O–H groups in total. The minimum absolute atomic E-state index is 0.850. The summed E-state index contributed by atoms with van der Waals surface area (Å²) < 4.78 is 11.9. The van der Waals surface area contributed by atoms with Crippen LogP contribution in [0.25, 0.3) is 0 Å². The number of hydrogen-bond acceptors (Lipinski definition) is 3. The Balaban J connectivity index is 1.66. The summed E-state index contributed by atoms with van der Waals surface area (Å²) in [6, 6.07) is 10.3. The fourth-order valence-electron chi connectivity index (χ4n) is 3.15. The van der Waals surface area contributed by atoms with Gasteiger partial charge >= 0.3 is 0 Å². The number of ether oxygens (including phenoxy) is 2. The topological polar surface area (TPSA) is 40.3 Å². The van der Waals surface area contributed by atoms with E-state index in [0.29, 0.717) is 0 Å². The number of hydrogen-bond donors (Lipinski definition) is 1. The SMILES string of the molecule is COc1cc(C[NH+]2CCN(c3cccc[nH+]3)CC2)c(OC)cc1Br. The highest BCUT2D eigenvalue weighted by atomic mass is 79.9. The molecule has 1 aliphatic heterocycles. The quantitative estimate of drug-likeness (QED) is 0.829. The summed E-state index contributed by atoms with van der Waals surface area (Å²) in [6.45, 7) is 5.24. The molecule has 1 saturated heterocycles. The minimum atomic E-state index is 0.850. The maximum absolute atomic E-state index is 5.54. The number of aromatic amines is 1. The summed E-state index contributed by atoms with van der Waals surface area (Å²) in [7, 11) is 3.41. The van der Waals surface area contributed by atoms with Crippen LogP contribution in [-0.2, 0) is 6.54 Å². The maximum Gasteiger partial charge on any atom is 0.274 e. The van der Waals surface area contributed by atoms with Crippen molar-refractivity contribution in [3.05, 3.63) is 46.6 Å². The maximum atomic E-state index is 5.54. The van der Waals surface area contributed by atoms with Gasteiger partial charge in [-0.05, 0) is 34.1 Å². The largest absolute Gasteiger partial charge is 0.496 e. The van der Waals surface area contributed by atoms with Gasteiger partial charge in [-0.25, -0.2) is 4.98 Å². The minimum Gasteiger partial charge on any atom is -0.496 e. The van der Waals surface area contributed by atoms with E-state index in [1.807, 2.05) is 18.3 Å². The summed E-state index contributed by atoms with van der Waals surface area (Å²) in [5, 5.41) is 0. The molecule has 1 fully saturated rings. The third kappa shape index (κ3) is 3.82. The molecule has 0 aliphatic carbocycles. The molecule has 0 bridgehead atoms. The fourth-order valence-corrected chi connectivity index (χ4v) is 3.64. The monoisotopic (exact) mass is 393 g/mol. The van der Waals surface area contributed by atoms with E-state index >= 15 is 0 Å². The van der Waals surface area contributed by atoms with Crippen molar-refractivity contribution in [2.75, 3.05) is 45.3 Å². The molecule has 24 heavy (non-hydrogen) atoms. The standard InChI is InChI=1S/C18H22BrN3O2/c1-23-16-12-15(19)17(24-2)11-14(16)13-21-7-9-22(10-8-21)18-5-3-4-6-20-18/h3-6,11-12H,7-10,13H2,1-2H3/p+2. The van der Waals surface area contributed by atoms with Gasteiger partial charge in [-0.3, -0.25) is 4.90 Å². The number of quaternary nitrogens is 1. The highest BCUT2D eigenvalue weighted by molar-refractivity contribution is 9.10. The van der Waals surface area contributed by atoms with Crippen molar-refractivity contribution >= 4 is 21.7 Å². The molecule has 1 aliphatic rings. The Morgan fingerprint density at radius 2 is 1.88 bits per heavy atom. The Bertz CT molecular complexity index is 673. The van der Waals surface area contributed by atoms with Crippen LogP contribution in [0.2, 0.25) is 0 Å². The zero-order chi connectivity index (χ0) is 16.9.